The summed E-state index contributed by atoms with van der Waals surface area (Å²) in [5.41, 5.74) is -0.414. The Morgan fingerprint density at radius 3 is 2.43 bits per heavy atom. The topological polar surface area (TPSA) is 67.4 Å². The van der Waals surface area contributed by atoms with E-state index in [-0.39, 0.29) is 12.5 Å². The monoisotopic (exact) mass is 468 g/mol. The number of carbonyl (C=O) groups excluding carboxylic acids is 2. The summed E-state index contributed by atoms with van der Waals surface area (Å²) < 4.78 is 5.52. The average molecular weight is 470 g/mol. The second kappa shape index (κ2) is 9.90. The highest BCUT2D eigenvalue weighted by Gasteiger charge is 2.42. The molecule has 2 aromatic rings. The highest BCUT2D eigenvalue weighted by Crippen LogP contribution is 2.33. The van der Waals surface area contributed by atoms with Crippen molar-refractivity contribution in [2.75, 3.05) is 11.9 Å². The summed E-state index contributed by atoms with van der Waals surface area (Å²) >= 11 is 18.0. The summed E-state index contributed by atoms with van der Waals surface area (Å²) in [6, 6.07) is 11.7. The van der Waals surface area contributed by atoms with Gasteiger partial charge in [-0.15, -0.1) is 0 Å². The number of hydrogen-bond acceptors (Lipinski definition) is 3. The standard InChI is InChI=1S/C22H23Cl3N2O3/c1-14-7-9-22(10-8-14,21(29)26-17-4-2-3-15(23)11-17)27-20(28)13-30-19-6-5-16(24)12-18(19)25/h2-6,11-12,14H,7-10,13H2,1H3,(H,26,29)(H,27,28). The summed E-state index contributed by atoms with van der Waals surface area (Å²) in [5, 5.41) is 7.11. The normalized spacial score (nSPS) is 21.0. The first-order valence-corrected chi connectivity index (χ1v) is 10.9. The van der Waals surface area contributed by atoms with Crippen LogP contribution in [0.25, 0.3) is 0 Å². The van der Waals surface area contributed by atoms with Crippen LogP contribution in [0, 0.1) is 5.92 Å². The van der Waals surface area contributed by atoms with Crippen LogP contribution in [0.5, 0.6) is 5.75 Å². The smallest absolute Gasteiger partial charge is 0.258 e. The van der Waals surface area contributed by atoms with Gasteiger partial charge >= 0.3 is 0 Å². The third kappa shape index (κ3) is 5.81. The number of rotatable bonds is 6. The van der Waals surface area contributed by atoms with E-state index in [0.717, 1.165) is 12.8 Å². The van der Waals surface area contributed by atoms with Crippen LogP contribution in [0.15, 0.2) is 42.5 Å². The number of hydrogen-bond donors (Lipinski definition) is 2. The van der Waals surface area contributed by atoms with Gasteiger partial charge < -0.3 is 15.4 Å². The Morgan fingerprint density at radius 2 is 1.77 bits per heavy atom. The summed E-state index contributed by atoms with van der Waals surface area (Å²) in [6.07, 6.45) is 2.78. The van der Waals surface area contributed by atoms with Gasteiger partial charge in [-0.1, -0.05) is 47.8 Å². The van der Waals surface area contributed by atoms with Crippen molar-refractivity contribution in [1.29, 1.82) is 0 Å². The van der Waals surface area contributed by atoms with Crippen molar-refractivity contribution in [2.45, 2.75) is 38.1 Å². The molecule has 2 aromatic carbocycles. The molecule has 0 heterocycles. The Morgan fingerprint density at radius 1 is 1.07 bits per heavy atom. The Bertz CT molecular complexity index is 928. The molecule has 0 spiro atoms. The third-order valence-electron chi connectivity index (χ3n) is 5.28. The minimum atomic E-state index is -1.00. The SMILES string of the molecule is CC1CCC(NC(=O)COc2ccc(Cl)cc2Cl)(C(=O)Nc2cccc(Cl)c2)CC1. The fourth-order valence-electron chi connectivity index (χ4n) is 3.52. The molecule has 0 radical (unpaired) electrons. The Kier molecular flexibility index (Phi) is 7.50. The zero-order valence-corrected chi connectivity index (χ0v) is 18.8. The van der Waals surface area contributed by atoms with Crippen molar-refractivity contribution in [3.05, 3.63) is 57.5 Å². The lowest BCUT2D eigenvalue weighted by Gasteiger charge is -2.38. The van der Waals surface area contributed by atoms with Gasteiger partial charge in [-0.3, -0.25) is 9.59 Å². The molecular formula is C22H23Cl3N2O3. The Hall–Kier alpha value is -1.95. The van der Waals surface area contributed by atoms with Gasteiger partial charge in [0.15, 0.2) is 6.61 Å². The molecule has 3 rings (SSSR count). The van der Waals surface area contributed by atoms with Crippen LogP contribution < -0.4 is 15.4 Å². The molecule has 1 aliphatic carbocycles. The maximum absolute atomic E-state index is 13.2. The first-order valence-electron chi connectivity index (χ1n) is 9.73. The first-order chi connectivity index (χ1) is 14.3. The van der Waals surface area contributed by atoms with E-state index in [0.29, 0.717) is 45.3 Å². The number of carbonyl (C=O) groups is 2. The minimum Gasteiger partial charge on any atom is -0.482 e. The zero-order chi connectivity index (χ0) is 21.7. The van der Waals surface area contributed by atoms with Crippen molar-refractivity contribution in [3.63, 3.8) is 0 Å². The molecule has 1 saturated carbocycles. The van der Waals surface area contributed by atoms with Crippen LogP contribution in [0.3, 0.4) is 0 Å². The summed E-state index contributed by atoms with van der Waals surface area (Å²) in [5.74, 6) is 0.204. The predicted molar refractivity (Wildman–Crippen MR) is 121 cm³/mol. The second-order valence-electron chi connectivity index (χ2n) is 7.64. The molecule has 8 heteroatoms. The third-order valence-corrected chi connectivity index (χ3v) is 6.04. The molecule has 2 N–H and O–H groups in total. The maximum atomic E-state index is 13.2. The van der Waals surface area contributed by atoms with Crippen molar-refractivity contribution in [1.82, 2.24) is 5.32 Å². The van der Waals surface area contributed by atoms with Crippen molar-refractivity contribution in [2.24, 2.45) is 5.92 Å². The van der Waals surface area contributed by atoms with E-state index in [1.807, 2.05) is 0 Å². The second-order valence-corrected chi connectivity index (χ2v) is 8.92. The Balaban J connectivity index is 1.69. The van der Waals surface area contributed by atoms with Crippen LogP contribution in [-0.2, 0) is 9.59 Å². The van der Waals surface area contributed by atoms with Crippen molar-refractivity contribution in [3.8, 4) is 5.75 Å². The lowest BCUT2D eigenvalue weighted by atomic mass is 9.76. The molecule has 0 atom stereocenters. The molecule has 1 aliphatic rings. The van der Waals surface area contributed by atoms with E-state index in [9.17, 15) is 9.59 Å². The molecule has 160 valence electrons. The number of benzene rings is 2. The minimum absolute atomic E-state index is 0.255. The van der Waals surface area contributed by atoms with Gasteiger partial charge in [0, 0.05) is 15.7 Å². The molecule has 2 amide bonds. The van der Waals surface area contributed by atoms with Crippen LogP contribution >= 0.6 is 34.8 Å². The maximum Gasteiger partial charge on any atom is 0.258 e. The summed E-state index contributed by atoms with van der Waals surface area (Å²) in [4.78, 5) is 25.8. The molecule has 30 heavy (non-hydrogen) atoms. The fraction of sp³-hybridized carbons (Fsp3) is 0.364. The lowest BCUT2D eigenvalue weighted by Crippen LogP contribution is -2.59. The highest BCUT2D eigenvalue weighted by atomic mass is 35.5. The van der Waals surface area contributed by atoms with E-state index in [1.54, 1.807) is 42.5 Å². The lowest BCUT2D eigenvalue weighted by molar-refractivity contribution is -0.133. The van der Waals surface area contributed by atoms with Gasteiger partial charge in [0.05, 0.1) is 5.02 Å². The number of halogens is 3. The molecule has 0 bridgehead atoms. The van der Waals surface area contributed by atoms with E-state index in [1.165, 1.54) is 0 Å². The number of anilines is 1. The van der Waals surface area contributed by atoms with Crippen LogP contribution in [0.2, 0.25) is 15.1 Å². The van der Waals surface area contributed by atoms with Gasteiger partial charge in [0.25, 0.3) is 5.91 Å². The molecule has 0 unspecified atom stereocenters. The number of ether oxygens (including phenoxy) is 1. The van der Waals surface area contributed by atoms with Crippen molar-refractivity contribution < 1.29 is 14.3 Å². The number of nitrogens with one attached hydrogen (secondary N) is 2. The van der Waals surface area contributed by atoms with E-state index in [2.05, 4.69) is 17.6 Å². The average Bonchev–Trinajstić information content (AvgIpc) is 2.69. The Labute approximate surface area is 191 Å². The quantitative estimate of drug-likeness (QED) is 0.568. The zero-order valence-electron chi connectivity index (χ0n) is 16.5. The molecule has 1 fully saturated rings. The first kappa shape index (κ1) is 22.7. The molecule has 0 aliphatic heterocycles. The largest absolute Gasteiger partial charge is 0.482 e. The highest BCUT2D eigenvalue weighted by molar-refractivity contribution is 6.35. The van der Waals surface area contributed by atoms with E-state index in [4.69, 9.17) is 39.5 Å². The molecular weight excluding hydrogens is 447 g/mol. The van der Waals surface area contributed by atoms with E-state index >= 15 is 0 Å². The van der Waals surface area contributed by atoms with Gasteiger partial charge in [-0.2, -0.15) is 0 Å². The van der Waals surface area contributed by atoms with Gasteiger partial charge in [-0.05, 0) is 68.0 Å². The molecule has 0 saturated heterocycles. The summed E-state index contributed by atoms with van der Waals surface area (Å²) in [7, 11) is 0. The van der Waals surface area contributed by atoms with Crippen LogP contribution in [0.1, 0.15) is 32.6 Å². The van der Waals surface area contributed by atoms with Crippen LogP contribution in [0.4, 0.5) is 5.69 Å². The number of amides is 2. The molecule has 0 aromatic heterocycles. The summed E-state index contributed by atoms with van der Waals surface area (Å²) in [6.45, 7) is 1.88. The van der Waals surface area contributed by atoms with Crippen molar-refractivity contribution >= 4 is 52.3 Å². The van der Waals surface area contributed by atoms with Gasteiger partial charge in [0.2, 0.25) is 5.91 Å². The molecule has 5 nitrogen and oxygen atoms in total. The van der Waals surface area contributed by atoms with E-state index < -0.39 is 11.4 Å². The fourth-order valence-corrected chi connectivity index (χ4v) is 4.17. The predicted octanol–water partition coefficient (Wildman–Crippen LogP) is 5.73. The van der Waals surface area contributed by atoms with Gasteiger partial charge in [0.1, 0.15) is 11.3 Å². The van der Waals surface area contributed by atoms with Gasteiger partial charge in [-0.25, -0.2) is 0 Å². The van der Waals surface area contributed by atoms with Crippen LogP contribution in [-0.4, -0.2) is 24.0 Å².